The van der Waals surface area contributed by atoms with Crippen molar-refractivity contribution in [1.29, 1.82) is 0 Å². The number of rotatable bonds is 4. The quantitative estimate of drug-likeness (QED) is 0.705. The molecular formula is C11H22N2. The van der Waals surface area contributed by atoms with E-state index in [4.69, 9.17) is 0 Å². The third-order valence-electron chi connectivity index (χ3n) is 3.74. The van der Waals surface area contributed by atoms with Crippen LogP contribution in [0.1, 0.15) is 25.7 Å². The molecule has 2 nitrogen and oxygen atoms in total. The van der Waals surface area contributed by atoms with Gasteiger partial charge in [0.15, 0.2) is 0 Å². The van der Waals surface area contributed by atoms with Crippen molar-refractivity contribution in [2.45, 2.75) is 31.7 Å². The van der Waals surface area contributed by atoms with Crippen LogP contribution in [0.4, 0.5) is 0 Å². The maximum absolute atomic E-state index is 3.36. The fourth-order valence-electron chi connectivity index (χ4n) is 2.85. The van der Waals surface area contributed by atoms with Gasteiger partial charge >= 0.3 is 0 Å². The third kappa shape index (κ3) is 2.05. The second-order valence-corrected chi connectivity index (χ2v) is 4.75. The average Bonchev–Trinajstić information content (AvgIpc) is 2.86. The molecule has 1 saturated carbocycles. The van der Waals surface area contributed by atoms with Crippen molar-refractivity contribution in [1.82, 2.24) is 10.2 Å². The zero-order valence-electron chi connectivity index (χ0n) is 8.92. The van der Waals surface area contributed by atoms with E-state index in [1.165, 1.54) is 38.8 Å². The van der Waals surface area contributed by atoms with Gasteiger partial charge in [-0.15, -0.1) is 0 Å². The molecule has 0 aromatic heterocycles. The van der Waals surface area contributed by atoms with Crippen LogP contribution < -0.4 is 5.32 Å². The summed E-state index contributed by atoms with van der Waals surface area (Å²) in [5, 5.41) is 3.36. The SMILES string of the molecule is CNCC(C1CC1)C1CCCN1C. The van der Waals surface area contributed by atoms with Gasteiger partial charge in [0, 0.05) is 6.04 Å². The second kappa shape index (κ2) is 3.97. The maximum Gasteiger partial charge on any atom is 0.0136 e. The second-order valence-electron chi connectivity index (χ2n) is 4.75. The molecule has 2 atom stereocenters. The van der Waals surface area contributed by atoms with E-state index in [1.54, 1.807) is 0 Å². The highest BCUT2D eigenvalue weighted by Crippen LogP contribution is 2.41. The Kier molecular flexibility index (Phi) is 2.89. The van der Waals surface area contributed by atoms with Gasteiger partial charge in [0.25, 0.3) is 0 Å². The molecular weight excluding hydrogens is 160 g/mol. The first kappa shape index (κ1) is 9.47. The van der Waals surface area contributed by atoms with E-state index in [9.17, 15) is 0 Å². The minimum absolute atomic E-state index is 0.875. The van der Waals surface area contributed by atoms with Gasteiger partial charge in [-0.25, -0.2) is 0 Å². The molecule has 1 aliphatic carbocycles. The van der Waals surface area contributed by atoms with Crippen molar-refractivity contribution in [3.8, 4) is 0 Å². The van der Waals surface area contributed by atoms with E-state index in [-0.39, 0.29) is 0 Å². The zero-order valence-corrected chi connectivity index (χ0v) is 8.92. The van der Waals surface area contributed by atoms with Crippen LogP contribution in [-0.4, -0.2) is 38.1 Å². The molecule has 2 aliphatic rings. The molecule has 0 amide bonds. The summed E-state index contributed by atoms with van der Waals surface area (Å²) in [7, 11) is 4.38. The molecule has 0 spiro atoms. The lowest BCUT2D eigenvalue weighted by molar-refractivity contribution is 0.205. The Labute approximate surface area is 81.7 Å². The van der Waals surface area contributed by atoms with Crippen molar-refractivity contribution in [3.05, 3.63) is 0 Å². The van der Waals surface area contributed by atoms with Crippen LogP contribution in [0.3, 0.4) is 0 Å². The van der Waals surface area contributed by atoms with E-state index in [2.05, 4.69) is 24.3 Å². The van der Waals surface area contributed by atoms with Gasteiger partial charge in [0.2, 0.25) is 0 Å². The van der Waals surface area contributed by atoms with Gasteiger partial charge in [0.1, 0.15) is 0 Å². The van der Waals surface area contributed by atoms with E-state index in [0.29, 0.717) is 0 Å². The molecule has 1 heterocycles. The molecule has 2 fully saturated rings. The minimum atomic E-state index is 0.875. The molecule has 0 aromatic carbocycles. The number of likely N-dealkylation sites (tertiary alicyclic amines) is 1. The van der Waals surface area contributed by atoms with Crippen LogP contribution >= 0.6 is 0 Å². The fraction of sp³-hybridized carbons (Fsp3) is 1.00. The Bertz CT molecular complexity index is 165. The highest BCUT2D eigenvalue weighted by Gasteiger charge is 2.38. The van der Waals surface area contributed by atoms with Crippen molar-refractivity contribution in [2.24, 2.45) is 11.8 Å². The molecule has 1 N–H and O–H groups in total. The lowest BCUT2D eigenvalue weighted by Crippen LogP contribution is -2.38. The van der Waals surface area contributed by atoms with Gasteiger partial charge in [-0.1, -0.05) is 0 Å². The largest absolute Gasteiger partial charge is 0.319 e. The molecule has 0 aromatic rings. The summed E-state index contributed by atoms with van der Waals surface area (Å²) >= 11 is 0. The topological polar surface area (TPSA) is 15.3 Å². The number of nitrogens with zero attached hydrogens (tertiary/aromatic N) is 1. The zero-order chi connectivity index (χ0) is 9.26. The van der Waals surface area contributed by atoms with E-state index < -0.39 is 0 Å². The summed E-state index contributed by atoms with van der Waals surface area (Å²) in [4.78, 5) is 2.57. The molecule has 0 radical (unpaired) electrons. The lowest BCUT2D eigenvalue weighted by Gasteiger charge is -2.29. The first-order valence-electron chi connectivity index (χ1n) is 5.67. The van der Waals surface area contributed by atoms with Crippen molar-refractivity contribution in [3.63, 3.8) is 0 Å². The van der Waals surface area contributed by atoms with Gasteiger partial charge in [0.05, 0.1) is 0 Å². The molecule has 2 heteroatoms. The van der Waals surface area contributed by atoms with Gasteiger partial charge in [-0.2, -0.15) is 0 Å². The maximum atomic E-state index is 3.36. The normalized spacial score (nSPS) is 32.3. The number of hydrogen-bond acceptors (Lipinski definition) is 2. The number of nitrogens with one attached hydrogen (secondary N) is 1. The Balaban J connectivity index is 1.92. The molecule has 1 saturated heterocycles. The Morgan fingerprint density at radius 1 is 1.38 bits per heavy atom. The van der Waals surface area contributed by atoms with E-state index in [0.717, 1.165) is 17.9 Å². The van der Waals surface area contributed by atoms with Gasteiger partial charge < -0.3 is 10.2 Å². The van der Waals surface area contributed by atoms with Crippen molar-refractivity contribution < 1.29 is 0 Å². The predicted octanol–water partition coefficient (Wildman–Crippen LogP) is 1.33. The predicted molar refractivity (Wildman–Crippen MR) is 55.8 cm³/mol. The van der Waals surface area contributed by atoms with Crippen molar-refractivity contribution in [2.75, 3.05) is 27.2 Å². The summed E-state index contributed by atoms with van der Waals surface area (Å²) in [6.45, 7) is 2.54. The summed E-state index contributed by atoms with van der Waals surface area (Å²) in [6, 6.07) is 0.875. The first-order valence-corrected chi connectivity index (χ1v) is 5.67. The molecule has 2 unspecified atom stereocenters. The summed E-state index contributed by atoms with van der Waals surface area (Å²) in [5.41, 5.74) is 0. The number of hydrogen-bond donors (Lipinski definition) is 1. The molecule has 76 valence electrons. The fourth-order valence-corrected chi connectivity index (χ4v) is 2.85. The van der Waals surface area contributed by atoms with Crippen LogP contribution in [0.5, 0.6) is 0 Å². The van der Waals surface area contributed by atoms with Crippen molar-refractivity contribution >= 4 is 0 Å². The summed E-state index contributed by atoms with van der Waals surface area (Å²) < 4.78 is 0. The van der Waals surface area contributed by atoms with Crippen LogP contribution in [0, 0.1) is 11.8 Å². The minimum Gasteiger partial charge on any atom is -0.319 e. The molecule has 0 bridgehead atoms. The van der Waals surface area contributed by atoms with E-state index >= 15 is 0 Å². The van der Waals surface area contributed by atoms with Gasteiger partial charge in [-0.3, -0.25) is 0 Å². The highest BCUT2D eigenvalue weighted by atomic mass is 15.2. The van der Waals surface area contributed by atoms with Crippen LogP contribution in [0.15, 0.2) is 0 Å². The Morgan fingerprint density at radius 2 is 2.15 bits per heavy atom. The first-order chi connectivity index (χ1) is 6.33. The summed E-state index contributed by atoms with van der Waals surface area (Å²) in [5.74, 6) is 1.97. The third-order valence-corrected chi connectivity index (χ3v) is 3.74. The monoisotopic (exact) mass is 182 g/mol. The van der Waals surface area contributed by atoms with Crippen LogP contribution in [0.25, 0.3) is 0 Å². The van der Waals surface area contributed by atoms with Gasteiger partial charge in [-0.05, 0) is 64.7 Å². The molecule has 2 rings (SSSR count). The lowest BCUT2D eigenvalue weighted by atomic mass is 9.92. The van der Waals surface area contributed by atoms with E-state index in [1.807, 2.05) is 0 Å². The van der Waals surface area contributed by atoms with Crippen LogP contribution in [-0.2, 0) is 0 Å². The molecule has 1 aliphatic heterocycles. The van der Waals surface area contributed by atoms with Crippen LogP contribution in [0.2, 0.25) is 0 Å². The summed E-state index contributed by atoms with van der Waals surface area (Å²) in [6.07, 6.45) is 5.81. The Morgan fingerprint density at radius 3 is 2.62 bits per heavy atom. The molecule has 13 heavy (non-hydrogen) atoms. The Hall–Kier alpha value is -0.0800. The average molecular weight is 182 g/mol. The smallest absolute Gasteiger partial charge is 0.0136 e. The highest BCUT2D eigenvalue weighted by molar-refractivity contribution is 4.92. The standard InChI is InChI=1S/C11H22N2/c1-12-8-10(9-5-6-9)11-4-3-7-13(11)2/h9-12H,3-8H2,1-2H3.